The molecule has 0 spiro atoms. The number of hydrogen-bond donors (Lipinski definition) is 1. The molecule has 5 nitrogen and oxygen atoms in total. The van der Waals surface area contributed by atoms with E-state index in [0.29, 0.717) is 17.6 Å². The molecule has 2 N–H and O–H groups in total. The van der Waals surface area contributed by atoms with Crippen LogP contribution in [0.1, 0.15) is 13.8 Å². The Balaban J connectivity index is 2.09. The third-order valence-electron chi connectivity index (χ3n) is 3.43. The molecule has 0 bridgehead atoms. The summed E-state index contributed by atoms with van der Waals surface area (Å²) in [5.41, 5.74) is 6.71. The van der Waals surface area contributed by atoms with Gasteiger partial charge in [0, 0.05) is 38.3 Å². The molecule has 18 heavy (non-hydrogen) atoms. The number of pyridine rings is 1. The van der Waals surface area contributed by atoms with Crippen LogP contribution in [0.2, 0.25) is 0 Å². The normalized spacial score (nSPS) is 17.2. The van der Waals surface area contributed by atoms with Crippen molar-refractivity contribution in [1.29, 1.82) is 0 Å². The summed E-state index contributed by atoms with van der Waals surface area (Å²) in [5.74, 6) is 1.46. The van der Waals surface area contributed by atoms with Crippen molar-refractivity contribution in [2.45, 2.75) is 19.9 Å². The number of hydrogen-bond acceptors (Lipinski definition) is 5. The summed E-state index contributed by atoms with van der Waals surface area (Å²) in [6.45, 7) is 8.48. The van der Waals surface area contributed by atoms with Crippen molar-refractivity contribution in [2.24, 2.45) is 0 Å². The monoisotopic (exact) mass is 250 g/mol. The van der Waals surface area contributed by atoms with Crippen molar-refractivity contribution in [2.75, 3.05) is 43.9 Å². The highest BCUT2D eigenvalue weighted by Gasteiger charge is 2.21. The Morgan fingerprint density at radius 1 is 1.22 bits per heavy atom. The van der Waals surface area contributed by atoms with Gasteiger partial charge in [-0.3, -0.25) is 4.90 Å². The van der Waals surface area contributed by atoms with E-state index in [1.165, 1.54) is 0 Å². The summed E-state index contributed by atoms with van der Waals surface area (Å²) in [6, 6.07) is 4.25. The van der Waals surface area contributed by atoms with Crippen LogP contribution in [-0.2, 0) is 0 Å². The van der Waals surface area contributed by atoms with Crippen molar-refractivity contribution < 1.29 is 4.74 Å². The highest BCUT2D eigenvalue weighted by Crippen LogP contribution is 2.24. The van der Waals surface area contributed by atoms with E-state index >= 15 is 0 Å². The molecular weight excluding hydrogens is 228 g/mol. The Bertz CT molecular complexity index is 400. The van der Waals surface area contributed by atoms with Crippen molar-refractivity contribution in [3.8, 4) is 5.88 Å². The van der Waals surface area contributed by atoms with Gasteiger partial charge in [-0.05, 0) is 19.9 Å². The maximum Gasteiger partial charge on any atom is 0.215 e. The molecule has 100 valence electrons. The van der Waals surface area contributed by atoms with Gasteiger partial charge >= 0.3 is 0 Å². The fraction of sp³-hybridized carbons (Fsp3) is 0.615. The first-order valence-electron chi connectivity index (χ1n) is 6.41. The van der Waals surface area contributed by atoms with E-state index in [4.69, 9.17) is 10.5 Å². The van der Waals surface area contributed by atoms with Crippen LogP contribution in [0.4, 0.5) is 11.5 Å². The lowest BCUT2D eigenvalue weighted by Gasteiger charge is -2.37. The van der Waals surface area contributed by atoms with E-state index in [1.807, 2.05) is 6.07 Å². The summed E-state index contributed by atoms with van der Waals surface area (Å²) in [5, 5.41) is 0. The van der Waals surface area contributed by atoms with Crippen LogP contribution in [-0.4, -0.2) is 49.2 Å². The predicted octanol–water partition coefficient (Wildman–Crippen LogP) is 1.20. The van der Waals surface area contributed by atoms with Crippen molar-refractivity contribution in [1.82, 2.24) is 9.88 Å². The molecule has 0 radical (unpaired) electrons. The lowest BCUT2D eigenvalue weighted by Crippen LogP contribution is -2.49. The summed E-state index contributed by atoms with van der Waals surface area (Å²) in [7, 11) is 1.62. The molecule has 0 atom stereocenters. The average molecular weight is 250 g/mol. The number of nitrogens with zero attached hydrogens (tertiary/aromatic N) is 3. The Hall–Kier alpha value is -1.49. The number of rotatable bonds is 3. The second kappa shape index (κ2) is 5.44. The predicted molar refractivity (Wildman–Crippen MR) is 74.1 cm³/mol. The standard InChI is InChI=1S/C13H22N4O/c1-10(2)16-6-8-17(9-7-16)13-11(14)4-5-12(15-13)18-3/h4-5,10H,6-9,14H2,1-3H3. The molecule has 0 amide bonds. The van der Waals surface area contributed by atoms with E-state index in [1.54, 1.807) is 13.2 Å². The quantitative estimate of drug-likeness (QED) is 0.873. The maximum atomic E-state index is 6.00. The topological polar surface area (TPSA) is 54.6 Å². The van der Waals surface area contributed by atoms with E-state index in [0.717, 1.165) is 32.0 Å². The highest BCUT2D eigenvalue weighted by molar-refractivity contribution is 5.63. The number of piperazine rings is 1. The number of nitrogens with two attached hydrogens (primary N) is 1. The van der Waals surface area contributed by atoms with E-state index < -0.39 is 0 Å². The first-order valence-corrected chi connectivity index (χ1v) is 6.41. The molecule has 0 saturated carbocycles. The van der Waals surface area contributed by atoms with Crippen LogP contribution in [0.25, 0.3) is 0 Å². The van der Waals surface area contributed by atoms with Crippen LogP contribution in [0.3, 0.4) is 0 Å². The van der Waals surface area contributed by atoms with Crippen LogP contribution < -0.4 is 15.4 Å². The maximum absolute atomic E-state index is 6.00. The third kappa shape index (κ3) is 2.67. The van der Waals surface area contributed by atoms with Gasteiger partial charge in [0.15, 0.2) is 5.82 Å². The van der Waals surface area contributed by atoms with Crippen molar-refractivity contribution in [3.05, 3.63) is 12.1 Å². The number of ether oxygens (including phenoxy) is 1. The lowest BCUT2D eigenvalue weighted by atomic mass is 10.2. The largest absolute Gasteiger partial charge is 0.481 e. The zero-order valence-electron chi connectivity index (χ0n) is 11.4. The number of aromatic nitrogens is 1. The van der Waals surface area contributed by atoms with E-state index in [-0.39, 0.29) is 0 Å². The molecular formula is C13H22N4O. The van der Waals surface area contributed by atoms with Crippen molar-refractivity contribution in [3.63, 3.8) is 0 Å². The summed E-state index contributed by atoms with van der Waals surface area (Å²) < 4.78 is 5.16. The van der Waals surface area contributed by atoms with Crippen LogP contribution >= 0.6 is 0 Å². The van der Waals surface area contributed by atoms with Crippen molar-refractivity contribution >= 4 is 11.5 Å². The third-order valence-corrected chi connectivity index (χ3v) is 3.43. The average Bonchev–Trinajstić information content (AvgIpc) is 2.39. The fourth-order valence-corrected chi connectivity index (χ4v) is 2.26. The van der Waals surface area contributed by atoms with Gasteiger partial charge in [0.2, 0.25) is 5.88 Å². The Morgan fingerprint density at radius 2 is 1.89 bits per heavy atom. The first-order chi connectivity index (χ1) is 8.61. The molecule has 0 aromatic carbocycles. The molecule has 1 aromatic rings. The minimum absolute atomic E-state index is 0.600. The lowest BCUT2D eigenvalue weighted by molar-refractivity contribution is 0.209. The summed E-state index contributed by atoms with van der Waals surface area (Å²) in [4.78, 5) is 9.14. The van der Waals surface area contributed by atoms with E-state index in [2.05, 4.69) is 28.6 Å². The summed E-state index contributed by atoms with van der Waals surface area (Å²) >= 11 is 0. The van der Waals surface area contributed by atoms with Gasteiger partial charge in [0.25, 0.3) is 0 Å². The number of nitrogen functional groups attached to an aromatic ring is 1. The van der Waals surface area contributed by atoms with Gasteiger partial charge in [0.1, 0.15) is 0 Å². The molecule has 1 saturated heterocycles. The van der Waals surface area contributed by atoms with Gasteiger partial charge in [0.05, 0.1) is 12.8 Å². The SMILES string of the molecule is COc1ccc(N)c(N2CCN(C(C)C)CC2)n1. The molecule has 0 unspecified atom stereocenters. The van der Waals surface area contributed by atoms with Gasteiger partial charge in [-0.2, -0.15) is 4.98 Å². The summed E-state index contributed by atoms with van der Waals surface area (Å²) in [6.07, 6.45) is 0. The Labute approximate surface area is 109 Å². The van der Waals surface area contributed by atoms with Gasteiger partial charge in [-0.1, -0.05) is 0 Å². The van der Waals surface area contributed by atoms with E-state index in [9.17, 15) is 0 Å². The highest BCUT2D eigenvalue weighted by atomic mass is 16.5. The molecule has 2 rings (SSSR count). The number of anilines is 2. The molecule has 1 aliphatic heterocycles. The minimum Gasteiger partial charge on any atom is -0.481 e. The molecule has 1 aromatic heterocycles. The van der Waals surface area contributed by atoms with Gasteiger partial charge in [-0.25, -0.2) is 0 Å². The fourth-order valence-electron chi connectivity index (χ4n) is 2.26. The van der Waals surface area contributed by atoms with Crippen LogP contribution in [0.5, 0.6) is 5.88 Å². The molecule has 1 aliphatic rings. The molecule has 2 heterocycles. The second-order valence-corrected chi connectivity index (χ2v) is 4.88. The number of methoxy groups -OCH3 is 1. The van der Waals surface area contributed by atoms with Gasteiger partial charge in [-0.15, -0.1) is 0 Å². The molecule has 5 heteroatoms. The van der Waals surface area contributed by atoms with Crippen LogP contribution in [0, 0.1) is 0 Å². The van der Waals surface area contributed by atoms with Gasteiger partial charge < -0.3 is 15.4 Å². The zero-order valence-corrected chi connectivity index (χ0v) is 11.4. The smallest absolute Gasteiger partial charge is 0.215 e. The molecule has 1 fully saturated rings. The zero-order chi connectivity index (χ0) is 13.1. The Morgan fingerprint density at radius 3 is 2.44 bits per heavy atom. The minimum atomic E-state index is 0.600. The van der Waals surface area contributed by atoms with Crippen LogP contribution in [0.15, 0.2) is 12.1 Å². The Kier molecular flexibility index (Phi) is 3.91. The second-order valence-electron chi connectivity index (χ2n) is 4.88. The first kappa shape index (κ1) is 13.0. The molecule has 0 aliphatic carbocycles.